The number of ether oxygens (including phenoxy) is 1. The number of carbonyl (C=O) groups excluding carboxylic acids is 1. The summed E-state index contributed by atoms with van der Waals surface area (Å²) >= 11 is 0. The van der Waals surface area contributed by atoms with Crippen LogP contribution in [0.5, 0.6) is 0 Å². The van der Waals surface area contributed by atoms with Crippen LogP contribution in [0.3, 0.4) is 0 Å². The highest BCUT2D eigenvalue weighted by atomic mass is 16.5. The Morgan fingerprint density at radius 1 is 1.48 bits per heavy atom. The molecule has 116 valence electrons. The molecule has 1 heterocycles. The minimum atomic E-state index is -1.21. The first-order valence-electron chi connectivity index (χ1n) is 7.44. The van der Waals surface area contributed by atoms with Crippen LogP contribution in [0, 0.1) is 5.92 Å². The van der Waals surface area contributed by atoms with Gasteiger partial charge in [-0.3, -0.25) is 9.69 Å². The number of β-amino-alcohol motifs (C(OH)–C–C–N with tert-alkyl or cyclic N) is 1. The van der Waals surface area contributed by atoms with Crippen LogP contribution in [0.15, 0.2) is 30.3 Å². The van der Waals surface area contributed by atoms with E-state index >= 15 is 0 Å². The van der Waals surface area contributed by atoms with Crippen LogP contribution in [0.25, 0.3) is 0 Å². The number of nitrogens with two attached hydrogens (primary N) is 1. The topological polar surface area (TPSA) is 75.8 Å². The van der Waals surface area contributed by atoms with Gasteiger partial charge in [-0.2, -0.15) is 0 Å². The summed E-state index contributed by atoms with van der Waals surface area (Å²) in [7, 11) is 0. The smallest absolute Gasteiger partial charge is 0.312 e. The maximum atomic E-state index is 12.0. The average Bonchev–Trinajstić information content (AvgIpc) is 2.48. The normalized spacial score (nSPS) is 26.5. The number of nitrogens with zero attached hydrogens (tertiary/aromatic N) is 1. The number of esters is 1. The molecular weight excluding hydrogens is 268 g/mol. The average molecular weight is 292 g/mol. The van der Waals surface area contributed by atoms with Crippen molar-refractivity contribution >= 4 is 5.97 Å². The zero-order valence-electron chi connectivity index (χ0n) is 12.5. The number of hydrogen-bond donors (Lipinski definition) is 2. The number of piperidine rings is 1. The van der Waals surface area contributed by atoms with E-state index < -0.39 is 11.5 Å². The zero-order chi connectivity index (χ0) is 15.3. The van der Waals surface area contributed by atoms with Gasteiger partial charge in [0.15, 0.2) is 0 Å². The molecule has 1 aromatic rings. The van der Waals surface area contributed by atoms with Gasteiger partial charge in [-0.25, -0.2) is 0 Å². The number of rotatable bonds is 5. The van der Waals surface area contributed by atoms with Gasteiger partial charge in [0.2, 0.25) is 0 Å². The number of hydrogen-bond acceptors (Lipinski definition) is 5. The van der Waals surface area contributed by atoms with Crippen molar-refractivity contribution in [3.8, 4) is 0 Å². The Balaban J connectivity index is 2.03. The van der Waals surface area contributed by atoms with Crippen molar-refractivity contribution < 1.29 is 14.6 Å². The molecule has 21 heavy (non-hydrogen) atoms. The van der Waals surface area contributed by atoms with Gasteiger partial charge in [-0.15, -0.1) is 0 Å². The molecule has 5 heteroatoms. The van der Waals surface area contributed by atoms with E-state index in [1.165, 1.54) is 5.56 Å². The maximum Gasteiger partial charge on any atom is 0.312 e. The molecule has 0 radical (unpaired) electrons. The first-order chi connectivity index (χ1) is 10.1. The SMILES string of the molecule is CCOC(=O)C1CCN(Cc2ccccc2)CC1(O)CN. The van der Waals surface area contributed by atoms with Gasteiger partial charge in [-0.1, -0.05) is 30.3 Å². The van der Waals surface area contributed by atoms with Gasteiger partial charge in [0.05, 0.1) is 12.5 Å². The number of likely N-dealkylation sites (tertiary alicyclic amines) is 1. The lowest BCUT2D eigenvalue weighted by atomic mass is 9.81. The molecule has 3 N–H and O–H groups in total. The van der Waals surface area contributed by atoms with E-state index in [2.05, 4.69) is 17.0 Å². The Kier molecular flexibility index (Phi) is 5.33. The second-order valence-corrected chi connectivity index (χ2v) is 5.60. The minimum Gasteiger partial charge on any atom is -0.466 e. The summed E-state index contributed by atoms with van der Waals surface area (Å²) in [5.41, 5.74) is 5.71. The summed E-state index contributed by atoms with van der Waals surface area (Å²) in [6, 6.07) is 10.1. The molecule has 0 saturated carbocycles. The number of benzene rings is 1. The van der Waals surface area contributed by atoms with Crippen molar-refractivity contribution in [2.45, 2.75) is 25.5 Å². The van der Waals surface area contributed by atoms with E-state index in [0.717, 1.165) is 13.1 Å². The van der Waals surface area contributed by atoms with Crippen LogP contribution in [-0.4, -0.2) is 47.8 Å². The Labute approximate surface area is 125 Å². The van der Waals surface area contributed by atoms with Gasteiger partial charge in [0.25, 0.3) is 0 Å². The predicted molar refractivity (Wildman–Crippen MR) is 80.5 cm³/mol. The van der Waals surface area contributed by atoms with Gasteiger partial charge in [0, 0.05) is 19.6 Å². The van der Waals surface area contributed by atoms with E-state index in [0.29, 0.717) is 19.6 Å². The zero-order valence-corrected chi connectivity index (χ0v) is 12.5. The van der Waals surface area contributed by atoms with Crippen molar-refractivity contribution in [3.63, 3.8) is 0 Å². The highest BCUT2D eigenvalue weighted by Gasteiger charge is 2.45. The van der Waals surface area contributed by atoms with Crippen LogP contribution in [0.4, 0.5) is 0 Å². The summed E-state index contributed by atoms with van der Waals surface area (Å²) in [4.78, 5) is 14.1. The number of carbonyl (C=O) groups is 1. The molecule has 2 atom stereocenters. The third-order valence-electron chi connectivity index (χ3n) is 4.05. The summed E-state index contributed by atoms with van der Waals surface area (Å²) in [6.45, 7) is 4.04. The van der Waals surface area contributed by atoms with Gasteiger partial charge in [0.1, 0.15) is 5.60 Å². The first-order valence-corrected chi connectivity index (χ1v) is 7.44. The van der Waals surface area contributed by atoms with Crippen molar-refractivity contribution in [1.29, 1.82) is 0 Å². The molecule has 2 unspecified atom stereocenters. The second-order valence-electron chi connectivity index (χ2n) is 5.60. The van der Waals surface area contributed by atoms with Crippen molar-refractivity contribution in [2.75, 3.05) is 26.2 Å². The highest BCUT2D eigenvalue weighted by molar-refractivity contribution is 5.74. The van der Waals surface area contributed by atoms with Crippen LogP contribution >= 0.6 is 0 Å². The highest BCUT2D eigenvalue weighted by Crippen LogP contribution is 2.29. The van der Waals surface area contributed by atoms with Gasteiger partial charge >= 0.3 is 5.97 Å². The maximum absolute atomic E-state index is 12.0. The molecule has 1 aliphatic rings. The monoisotopic (exact) mass is 292 g/mol. The Morgan fingerprint density at radius 3 is 2.81 bits per heavy atom. The lowest BCUT2D eigenvalue weighted by Gasteiger charge is -2.43. The molecule has 0 bridgehead atoms. The van der Waals surface area contributed by atoms with Crippen molar-refractivity contribution in [3.05, 3.63) is 35.9 Å². The molecule has 1 fully saturated rings. The van der Waals surface area contributed by atoms with E-state index in [1.807, 2.05) is 18.2 Å². The van der Waals surface area contributed by atoms with Crippen LogP contribution in [0.1, 0.15) is 18.9 Å². The summed E-state index contributed by atoms with van der Waals surface area (Å²) in [5.74, 6) is -0.876. The summed E-state index contributed by atoms with van der Waals surface area (Å²) < 4.78 is 5.06. The fraction of sp³-hybridized carbons (Fsp3) is 0.562. The summed E-state index contributed by atoms with van der Waals surface area (Å²) in [5, 5.41) is 10.7. The quantitative estimate of drug-likeness (QED) is 0.784. The predicted octanol–water partition coefficient (Wildman–Crippen LogP) is 0.761. The standard InChI is InChI=1S/C16H24N2O3/c1-2-21-15(19)14-8-9-18(12-16(14,20)11-17)10-13-6-4-3-5-7-13/h3-7,14,20H,2,8-12,17H2,1H3. The van der Waals surface area contributed by atoms with Crippen molar-refractivity contribution in [1.82, 2.24) is 4.90 Å². The van der Waals surface area contributed by atoms with E-state index in [1.54, 1.807) is 6.92 Å². The fourth-order valence-electron chi connectivity index (χ4n) is 2.92. The third-order valence-corrected chi connectivity index (χ3v) is 4.05. The minimum absolute atomic E-state index is 0.0573. The molecule has 5 nitrogen and oxygen atoms in total. The first kappa shape index (κ1) is 15.9. The number of aliphatic hydroxyl groups is 1. The Bertz CT molecular complexity index is 466. The fourth-order valence-corrected chi connectivity index (χ4v) is 2.92. The van der Waals surface area contributed by atoms with Crippen LogP contribution < -0.4 is 5.73 Å². The molecular formula is C16H24N2O3. The van der Waals surface area contributed by atoms with E-state index in [4.69, 9.17) is 10.5 Å². The van der Waals surface area contributed by atoms with E-state index in [9.17, 15) is 9.90 Å². The van der Waals surface area contributed by atoms with E-state index in [-0.39, 0.29) is 12.5 Å². The van der Waals surface area contributed by atoms with Gasteiger partial charge in [-0.05, 0) is 25.5 Å². The molecule has 0 amide bonds. The van der Waals surface area contributed by atoms with Crippen molar-refractivity contribution in [2.24, 2.45) is 11.7 Å². The van der Waals surface area contributed by atoms with Crippen LogP contribution in [-0.2, 0) is 16.1 Å². The molecule has 0 spiro atoms. The molecule has 1 saturated heterocycles. The molecule has 0 aromatic heterocycles. The lowest BCUT2D eigenvalue weighted by Crippen LogP contribution is -2.60. The van der Waals surface area contributed by atoms with Crippen LogP contribution in [0.2, 0.25) is 0 Å². The third kappa shape index (κ3) is 3.81. The lowest BCUT2D eigenvalue weighted by molar-refractivity contribution is -0.164. The Hall–Kier alpha value is -1.43. The van der Waals surface area contributed by atoms with Gasteiger partial charge < -0.3 is 15.6 Å². The largest absolute Gasteiger partial charge is 0.466 e. The Morgan fingerprint density at radius 2 is 2.19 bits per heavy atom. The second kappa shape index (κ2) is 7.02. The molecule has 2 rings (SSSR count). The molecule has 0 aliphatic carbocycles. The summed E-state index contributed by atoms with van der Waals surface area (Å²) in [6.07, 6.45) is 0.569. The molecule has 1 aromatic carbocycles. The molecule has 1 aliphatic heterocycles.